The molecule has 0 bridgehead atoms. The lowest BCUT2D eigenvalue weighted by Crippen LogP contribution is -2.17. The highest BCUT2D eigenvalue weighted by Crippen LogP contribution is 2.17. The second kappa shape index (κ2) is 6.47. The van der Waals surface area contributed by atoms with Gasteiger partial charge in [-0.1, -0.05) is 12.1 Å². The van der Waals surface area contributed by atoms with Crippen molar-refractivity contribution in [2.75, 3.05) is 7.11 Å². The van der Waals surface area contributed by atoms with Crippen LogP contribution in [0.2, 0.25) is 0 Å². The third kappa shape index (κ3) is 3.41. The largest absolute Gasteiger partial charge is 0.496 e. The molecule has 1 amide bonds. The molecule has 102 valence electrons. The topological polar surface area (TPSA) is 63.6 Å². The first kappa shape index (κ1) is 13.7. The van der Waals surface area contributed by atoms with Crippen LogP contribution in [0.1, 0.15) is 21.5 Å². The van der Waals surface area contributed by atoms with Gasteiger partial charge in [-0.05, 0) is 36.2 Å². The van der Waals surface area contributed by atoms with Gasteiger partial charge in [-0.2, -0.15) is 5.10 Å². The van der Waals surface area contributed by atoms with Gasteiger partial charge < -0.3 is 4.74 Å². The Bertz CT molecular complexity index is 624. The summed E-state index contributed by atoms with van der Waals surface area (Å²) in [6, 6.07) is 8.95. The average Bonchev–Trinajstić information content (AvgIpc) is 2.49. The zero-order valence-corrected chi connectivity index (χ0v) is 11.3. The molecule has 0 fully saturated rings. The van der Waals surface area contributed by atoms with Crippen molar-refractivity contribution in [3.8, 4) is 5.75 Å². The highest BCUT2D eigenvalue weighted by atomic mass is 16.5. The molecule has 0 spiro atoms. The summed E-state index contributed by atoms with van der Waals surface area (Å²) in [6.45, 7) is 1.96. The van der Waals surface area contributed by atoms with Crippen molar-refractivity contribution < 1.29 is 9.53 Å². The number of rotatable bonds is 4. The van der Waals surface area contributed by atoms with E-state index in [1.54, 1.807) is 37.9 Å². The number of nitrogens with one attached hydrogen (secondary N) is 1. The summed E-state index contributed by atoms with van der Waals surface area (Å²) >= 11 is 0. The van der Waals surface area contributed by atoms with Gasteiger partial charge in [0.25, 0.3) is 5.91 Å². The summed E-state index contributed by atoms with van der Waals surface area (Å²) in [4.78, 5) is 15.6. The summed E-state index contributed by atoms with van der Waals surface area (Å²) in [5.41, 5.74) is 4.87. The van der Waals surface area contributed by atoms with E-state index < -0.39 is 0 Å². The Kier molecular flexibility index (Phi) is 4.44. The molecule has 20 heavy (non-hydrogen) atoms. The zero-order valence-electron chi connectivity index (χ0n) is 11.3. The molecule has 0 atom stereocenters. The predicted molar refractivity (Wildman–Crippen MR) is 77.0 cm³/mol. The van der Waals surface area contributed by atoms with Crippen molar-refractivity contribution in [3.05, 3.63) is 59.4 Å². The Hall–Kier alpha value is -2.69. The van der Waals surface area contributed by atoms with Crippen LogP contribution in [0, 0.1) is 6.92 Å². The van der Waals surface area contributed by atoms with E-state index in [1.807, 2.05) is 25.1 Å². The van der Waals surface area contributed by atoms with Gasteiger partial charge in [0.2, 0.25) is 0 Å². The number of nitrogens with zero attached hydrogens (tertiary/aromatic N) is 2. The van der Waals surface area contributed by atoms with Crippen molar-refractivity contribution in [2.24, 2.45) is 5.10 Å². The molecule has 0 radical (unpaired) electrons. The van der Waals surface area contributed by atoms with E-state index in [0.717, 1.165) is 16.9 Å². The van der Waals surface area contributed by atoms with Crippen LogP contribution in [0.3, 0.4) is 0 Å². The molecule has 0 aliphatic heterocycles. The second-order valence-electron chi connectivity index (χ2n) is 4.16. The fraction of sp³-hybridized carbons (Fsp3) is 0.133. The van der Waals surface area contributed by atoms with E-state index in [1.165, 1.54) is 0 Å². The number of amides is 1. The first-order valence-corrected chi connectivity index (χ1v) is 6.09. The van der Waals surface area contributed by atoms with E-state index in [2.05, 4.69) is 15.5 Å². The highest BCUT2D eigenvalue weighted by Gasteiger charge is 2.02. The quantitative estimate of drug-likeness (QED) is 0.683. The van der Waals surface area contributed by atoms with Crippen LogP contribution in [-0.2, 0) is 0 Å². The molecule has 2 aromatic rings. The van der Waals surface area contributed by atoms with E-state index >= 15 is 0 Å². The number of methoxy groups -OCH3 is 1. The zero-order chi connectivity index (χ0) is 14.4. The molecular weight excluding hydrogens is 254 g/mol. The van der Waals surface area contributed by atoms with Gasteiger partial charge in [-0.15, -0.1) is 0 Å². The van der Waals surface area contributed by atoms with E-state index in [4.69, 9.17) is 4.74 Å². The maximum Gasteiger partial charge on any atom is 0.271 e. The Morgan fingerprint density at radius 3 is 2.75 bits per heavy atom. The molecule has 1 aromatic heterocycles. The minimum atomic E-state index is -0.275. The fourth-order valence-electron chi connectivity index (χ4n) is 1.65. The van der Waals surface area contributed by atoms with E-state index in [9.17, 15) is 4.79 Å². The first-order chi connectivity index (χ1) is 9.70. The molecule has 0 aliphatic carbocycles. The lowest BCUT2D eigenvalue weighted by molar-refractivity contribution is 0.0955. The molecule has 0 saturated carbocycles. The van der Waals surface area contributed by atoms with Crippen LogP contribution in [0.25, 0.3) is 0 Å². The van der Waals surface area contributed by atoms with Gasteiger partial charge in [0.1, 0.15) is 5.75 Å². The minimum absolute atomic E-state index is 0.275. The van der Waals surface area contributed by atoms with Crippen molar-refractivity contribution in [3.63, 3.8) is 0 Å². The van der Waals surface area contributed by atoms with Gasteiger partial charge in [0, 0.05) is 18.0 Å². The maximum absolute atomic E-state index is 11.7. The van der Waals surface area contributed by atoms with Gasteiger partial charge in [-0.3, -0.25) is 9.78 Å². The van der Waals surface area contributed by atoms with Crippen molar-refractivity contribution in [1.82, 2.24) is 10.4 Å². The highest BCUT2D eigenvalue weighted by molar-refractivity contribution is 5.94. The standard InChI is InChI=1S/C15H15N3O2/c1-11-3-4-12(9-14(11)20-2)10-17-18-15(19)13-5-7-16-8-6-13/h3-10H,1-2H3,(H,18,19). The number of hydrogen-bond acceptors (Lipinski definition) is 4. The molecule has 5 heteroatoms. The molecule has 1 N–H and O–H groups in total. The minimum Gasteiger partial charge on any atom is -0.496 e. The Labute approximate surface area is 117 Å². The fourth-order valence-corrected chi connectivity index (χ4v) is 1.65. The number of carbonyl (C=O) groups excluding carboxylic acids is 1. The molecular formula is C15H15N3O2. The van der Waals surface area contributed by atoms with E-state index in [-0.39, 0.29) is 5.91 Å². The van der Waals surface area contributed by atoms with Crippen LogP contribution in [0.4, 0.5) is 0 Å². The summed E-state index contributed by atoms with van der Waals surface area (Å²) < 4.78 is 5.23. The Morgan fingerprint density at radius 2 is 2.05 bits per heavy atom. The predicted octanol–water partition coefficient (Wildman–Crippen LogP) is 2.16. The Morgan fingerprint density at radius 1 is 1.30 bits per heavy atom. The van der Waals surface area contributed by atoms with Crippen LogP contribution < -0.4 is 10.2 Å². The number of hydrogen-bond donors (Lipinski definition) is 1. The third-order valence-electron chi connectivity index (χ3n) is 2.75. The molecule has 5 nitrogen and oxygen atoms in total. The first-order valence-electron chi connectivity index (χ1n) is 6.09. The van der Waals surface area contributed by atoms with Crippen LogP contribution in [-0.4, -0.2) is 24.2 Å². The number of ether oxygens (including phenoxy) is 1. The SMILES string of the molecule is COc1cc(C=NNC(=O)c2ccncc2)ccc1C. The summed E-state index contributed by atoms with van der Waals surface area (Å²) in [7, 11) is 1.62. The molecule has 0 aliphatic rings. The van der Waals surface area contributed by atoms with E-state index in [0.29, 0.717) is 5.56 Å². The van der Waals surface area contributed by atoms with Crippen LogP contribution in [0.15, 0.2) is 47.8 Å². The monoisotopic (exact) mass is 269 g/mol. The number of aryl methyl sites for hydroxylation is 1. The van der Waals surface area contributed by atoms with Crippen LogP contribution >= 0.6 is 0 Å². The van der Waals surface area contributed by atoms with Gasteiger partial charge in [0.05, 0.1) is 13.3 Å². The lowest BCUT2D eigenvalue weighted by atomic mass is 10.1. The van der Waals surface area contributed by atoms with Crippen molar-refractivity contribution >= 4 is 12.1 Å². The number of benzene rings is 1. The lowest BCUT2D eigenvalue weighted by Gasteiger charge is -2.04. The molecule has 1 aromatic carbocycles. The molecule has 0 unspecified atom stereocenters. The maximum atomic E-state index is 11.7. The van der Waals surface area contributed by atoms with Gasteiger partial charge in [-0.25, -0.2) is 5.43 Å². The number of pyridine rings is 1. The number of hydrazone groups is 1. The molecule has 0 saturated heterocycles. The summed E-state index contributed by atoms with van der Waals surface area (Å²) in [6.07, 6.45) is 4.69. The molecule has 1 heterocycles. The average molecular weight is 269 g/mol. The number of carbonyl (C=O) groups is 1. The van der Waals surface area contributed by atoms with Crippen molar-refractivity contribution in [2.45, 2.75) is 6.92 Å². The summed E-state index contributed by atoms with van der Waals surface area (Å²) in [5, 5.41) is 3.92. The number of aromatic nitrogens is 1. The molecule has 2 rings (SSSR count). The normalized spacial score (nSPS) is 10.5. The van der Waals surface area contributed by atoms with Gasteiger partial charge in [0.15, 0.2) is 0 Å². The van der Waals surface area contributed by atoms with Crippen molar-refractivity contribution in [1.29, 1.82) is 0 Å². The Balaban J connectivity index is 2.02. The second-order valence-corrected chi connectivity index (χ2v) is 4.16. The van der Waals surface area contributed by atoms with Gasteiger partial charge >= 0.3 is 0 Å². The van der Waals surface area contributed by atoms with Crippen LogP contribution in [0.5, 0.6) is 5.75 Å². The third-order valence-corrected chi connectivity index (χ3v) is 2.75. The summed E-state index contributed by atoms with van der Waals surface area (Å²) in [5.74, 6) is 0.511. The smallest absolute Gasteiger partial charge is 0.271 e.